The van der Waals surface area contributed by atoms with E-state index in [4.69, 9.17) is 0 Å². The van der Waals surface area contributed by atoms with E-state index < -0.39 is 8.07 Å². The molecule has 3 aliphatic carbocycles. The van der Waals surface area contributed by atoms with Crippen LogP contribution in [0.25, 0.3) is 0 Å². The van der Waals surface area contributed by atoms with Gasteiger partial charge in [-0.2, -0.15) is 0 Å². The summed E-state index contributed by atoms with van der Waals surface area (Å²) in [6, 6.07) is 9.94. The molecule has 1 heteroatoms. The second-order valence-electron chi connectivity index (χ2n) is 10.7. The third-order valence-corrected chi connectivity index (χ3v) is 16.1. The van der Waals surface area contributed by atoms with Crippen LogP contribution in [-0.4, -0.2) is 8.07 Å². The van der Waals surface area contributed by atoms with Crippen molar-refractivity contribution >= 4 is 13.3 Å². The van der Waals surface area contributed by atoms with Crippen LogP contribution in [0.5, 0.6) is 0 Å². The van der Waals surface area contributed by atoms with Gasteiger partial charge in [0.2, 0.25) is 0 Å². The van der Waals surface area contributed by atoms with E-state index in [-0.39, 0.29) is 0 Å². The van der Waals surface area contributed by atoms with Gasteiger partial charge in [-0.3, -0.25) is 0 Å². The van der Waals surface area contributed by atoms with Crippen molar-refractivity contribution in [2.75, 3.05) is 0 Å². The Morgan fingerprint density at radius 2 is 1.00 bits per heavy atom. The number of hydrogen-bond donors (Lipinski definition) is 0. The average molecular weight is 397 g/mol. The van der Waals surface area contributed by atoms with E-state index >= 15 is 0 Å². The standard InChI is InChI=1S/C27H44Si/c1-22(2)26-20-12-13-21-27(26)28(23-14-6-3-7-15-23,24-16-8-4-9-17-24)25-18-10-5-11-19-25/h12-13,20-25H,3-11,14-19H2,1-2H3. The summed E-state index contributed by atoms with van der Waals surface area (Å²) in [7, 11) is -1.58. The Hall–Kier alpha value is -0.563. The van der Waals surface area contributed by atoms with Gasteiger partial charge in [-0.15, -0.1) is 0 Å². The van der Waals surface area contributed by atoms with Crippen LogP contribution in [0.2, 0.25) is 16.6 Å². The molecule has 0 radical (unpaired) electrons. The molecule has 1 aromatic carbocycles. The van der Waals surface area contributed by atoms with E-state index in [0.717, 1.165) is 16.6 Å². The Kier molecular flexibility index (Phi) is 7.02. The van der Waals surface area contributed by atoms with Crippen LogP contribution in [0.4, 0.5) is 0 Å². The highest BCUT2D eigenvalue weighted by atomic mass is 28.3. The van der Waals surface area contributed by atoms with E-state index in [1.165, 1.54) is 57.8 Å². The van der Waals surface area contributed by atoms with Crippen LogP contribution in [0.15, 0.2) is 24.3 Å². The van der Waals surface area contributed by atoms with Gasteiger partial charge in [-0.05, 0) is 28.1 Å². The Bertz CT molecular complexity index is 555. The third-order valence-electron chi connectivity index (χ3n) is 8.89. The van der Waals surface area contributed by atoms with Gasteiger partial charge >= 0.3 is 0 Å². The number of rotatable bonds is 5. The molecule has 4 rings (SSSR count). The van der Waals surface area contributed by atoms with Crippen molar-refractivity contribution in [2.45, 2.75) is 133 Å². The normalized spacial score (nSPS) is 24.0. The van der Waals surface area contributed by atoms with Crippen molar-refractivity contribution in [3.05, 3.63) is 29.8 Å². The van der Waals surface area contributed by atoms with Crippen molar-refractivity contribution < 1.29 is 0 Å². The lowest BCUT2D eigenvalue weighted by Crippen LogP contribution is -2.61. The lowest BCUT2D eigenvalue weighted by atomic mass is 9.98. The topological polar surface area (TPSA) is 0 Å². The fourth-order valence-corrected chi connectivity index (χ4v) is 16.5. The van der Waals surface area contributed by atoms with Crippen LogP contribution in [-0.2, 0) is 0 Å². The van der Waals surface area contributed by atoms with Crippen LogP contribution >= 0.6 is 0 Å². The maximum atomic E-state index is 2.67. The smallest absolute Gasteiger partial charge is 0.0627 e. The molecule has 1 aromatic rings. The molecule has 156 valence electrons. The predicted octanol–water partition coefficient (Wildman–Crippen LogP) is 8.47. The molecular formula is C27H44Si. The minimum Gasteiger partial charge on any atom is -0.0627 e. The molecule has 0 nitrogen and oxygen atoms in total. The van der Waals surface area contributed by atoms with Crippen molar-refractivity contribution in [3.63, 3.8) is 0 Å². The minimum absolute atomic E-state index is 0.679. The largest absolute Gasteiger partial charge is 0.0962 e. The highest BCUT2D eigenvalue weighted by molar-refractivity contribution is 6.95. The molecular weight excluding hydrogens is 352 g/mol. The fourth-order valence-electron chi connectivity index (χ4n) is 7.80. The maximum absolute atomic E-state index is 2.67. The van der Waals surface area contributed by atoms with Gasteiger partial charge in [0, 0.05) is 0 Å². The Labute approximate surface area is 175 Å². The summed E-state index contributed by atoms with van der Waals surface area (Å²) in [5, 5.41) is 1.95. The summed E-state index contributed by atoms with van der Waals surface area (Å²) in [6.45, 7) is 4.92. The Balaban J connectivity index is 1.88. The summed E-state index contributed by atoms with van der Waals surface area (Å²) >= 11 is 0. The van der Waals surface area contributed by atoms with E-state index in [2.05, 4.69) is 38.1 Å². The molecule has 0 aromatic heterocycles. The van der Waals surface area contributed by atoms with Crippen molar-refractivity contribution in [1.82, 2.24) is 0 Å². The van der Waals surface area contributed by atoms with Crippen molar-refractivity contribution in [1.29, 1.82) is 0 Å². The molecule has 0 atom stereocenters. The third kappa shape index (κ3) is 3.90. The molecule has 0 saturated heterocycles. The van der Waals surface area contributed by atoms with Crippen LogP contribution in [0.3, 0.4) is 0 Å². The number of benzene rings is 1. The molecule has 3 aliphatic rings. The minimum atomic E-state index is -1.58. The molecule has 0 heterocycles. The molecule has 3 saturated carbocycles. The molecule has 0 aliphatic heterocycles. The van der Waals surface area contributed by atoms with E-state index in [1.54, 1.807) is 44.1 Å². The summed E-state index contributed by atoms with van der Waals surface area (Å²) in [6.07, 6.45) is 23.0. The van der Waals surface area contributed by atoms with Gasteiger partial charge in [0.25, 0.3) is 0 Å². The predicted molar refractivity (Wildman–Crippen MR) is 126 cm³/mol. The summed E-state index contributed by atoms with van der Waals surface area (Å²) in [4.78, 5) is 0. The van der Waals surface area contributed by atoms with Gasteiger partial charge in [-0.1, -0.05) is 140 Å². The molecule has 0 N–H and O–H groups in total. The Morgan fingerprint density at radius 1 is 0.607 bits per heavy atom. The van der Waals surface area contributed by atoms with E-state index in [9.17, 15) is 0 Å². The average Bonchev–Trinajstić information content (AvgIpc) is 2.77. The SMILES string of the molecule is CC(C)c1ccccc1[Si](C1CCCCC1)(C1CCCCC1)C1CCCCC1. The van der Waals surface area contributed by atoms with Crippen LogP contribution < -0.4 is 5.19 Å². The van der Waals surface area contributed by atoms with Crippen LogP contribution in [0, 0.1) is 0 Å². The summed E-state index contributed by atoms with van der Waals surface area (Å²) in [5.74, 6) is 0.679. The zero-order chi connectivity index (χ0) is 19.4. The quantitative estimate of drug-likeness (QED) is 0.438. The summed E-state index contributed by atoms with van der Waals surface area (Å²) in [5.41, 5.74) is 4.97. The first-order valence-corrected chi connectivity index (χ1v) is 15.1. The van der Waals surface area contributed by atoms with E-state index in [1.807, 2.05) is 5.19 Å². The van der Waals surface area contributed by atoms with Gasteiger partial charge in [0.05, 0.1) is 8.07 Å². The van der Waals surface area contributed by atoms with Crippen molar-refractivity contribution in [2.24, 2.45) is 0 Å². The van der Waals surface area contributed by atoms with Crippen molar-refractivity contribution in [3.8, 4) is 0 Å². The van der Waals surface area contributed by atoms with Gasteiger partial charge in [-0.25, -0.2) is 0 Å². The highest BCUT2D eigenvalue weighted by Gasteiger charge is 2.54. The molecule has 3 fully saturated rings. The molecule has 0 unspecified atom stereocenters. The molecule has 0 bridgehead atoms. The maximum Gasteiger partial charge on any atom is 0.0962 e. The second kappa shape index (κ2) is 9.50. The van der Waals surface area contributed by atoms with Crippen LogP contribution in [0.1, 0.15) is 122 Å². The van der Waals surface area contributed by atoms with Gasteiger partial charge in [0.1, 0.15) is 0 Å². The first-order chi connectivity index (χ1) is 13.7. The van der Waals surface area contributed by atoms with E-state index in [0.29, 0.717) is 5.92 Å². The first kappa shape index (κ1) is 20.7. The lowest BCUT2D eigenvalue weighted by molar-refractivity contribution is 0.420. The zero-order valence-corrected chi connectivity index (χ0v) is 19.7. The van der Waals surface area contributed by atoms with Gasteiger partial charge in [0.15, 0.2) is 0 Å². The first-order valence-electron chi connectivity index (χ1n) is 12.8. The monoisotopic (exact) mass is 396 g/mol. The van der Waals surface area contributed by atoms with Gasteiger partial charge < -0.3 is 0 Å². The summed E-state index contributed by atoms with van der Waals surface area (Å²) < 4.78 is 0. The second-order valence-corrected chi connectivity index (χ2v) is 15.5. The Morgan fingerprint density at radius 3 is 1.39 bits per heavy atom. The zero-order valence-electron chi connectivity index (χ0n) is 18.7. The molecule has 0 spiro atoms. The number of hydrogen-bond acceptors (Lipinski definition) is 0. The molecule has 28 heavy (non-hydrogen) atoms. The lowest BCUT2D eigenvalue weighted by Gasteiger charge is -2.54. The highest BCUT2D eigenvalue weighted by Crippen LogP contribution is 2.56. The molecule has 0 amide bonds. The fraction of sp³-hybridized carbons (Fsp3) is 0.778.